The fourth-order valence-electron chi connectivity index (χ4n) is 2.33. The van der Waals surface area contributed by atoms with Gasteiger partial charge in [0.1, 0.15) is 5.82 Å². The molecular weight excluding hydrogens is 297 g/mol. The van der Waals surface area contributed by atoms with Crippen molar-refractivity contribution in [1.29, 1.82) is 0 Å². The van der Waals surface area contributed by atoms with Crippen LogP contribution in [-0.4, -0.2) is 16.0 Å². The molecule has 116 valence electrons. The molecule has 0 saturated carbocycles. The number of azo groups is 1. The van der Waals surface area contributed by atoms with Crippen molar-refractivity contribution in [2.75, 3.05) is 0 Å². The number of aryl methyl sites for hydroxylation is 2. The third-order valence-electron chi connectivity index (χ3n) is 3.79. The first-order valence-corrected chi connectivity index (χ1v) is 7.00. The third-order valence-corrected chi connectivity index (χ3v) is 3.79. The predicted octanol–water partition coefficient (Wildman–Crippen LogP) is 4.55. The topological polar surface area (TPSA) is 77.8 Å². The van der Waals surface area contributed by atoms with Gasteiger partial charge in [0, 0.05) is 10.9 Å². The van der Waals surface area contributed by atoms with Crippen LogP contribution in [-0.2, 0) is 0 Å². The van der Waals surface area contributed by atoms with E-state index in [2.05, 4.69) is 15.2 Å². The van der Waals surface area contributed by atoms with Crippen molar-refractivity contribution in [2.45, 2.75) is 13.8 Å². The summed E-state index contributed by atoms with van der Waals surface area (Å²) in [4.78, 5) is 14.8. The first-order chi connectivity index (χ1) is 11.0. The Labute approximate surface area is 131 Å². The zero-order chi connectivity index (χ0) is 16.6. The average Bonchev–Trinajstić information content (AvgIpc) is 2.86. The van der Waals surface area contributed by atoms with Crippen LogP contribution in [0.4, 0.5) is 10.1 Å². The Bertz CT molecular complexity index is 927. The molecule has 0 saturated heterocycles. The van der Waals surface area contributed by atoms with Gasteiger partial charge in [-0.1, -0.05) is 12.1 Å². The number of fused-ring (bicyclic) bond motifs is 1. The largest absolute Gasteiger partial charge is 0.493 e. The monoisotopic (exact) mass is 311 g/mol. The summed E-state index contributed by atoms with van der Waals surface area (Å²) in [5.41, 5.74) is 3.25. The molecule has 0 aliphatic carbocycles. The molecule has 0 atom stereocenters. The van der Waals surface area contributed by atoms with E-state index in [1.54, 1.807) is 0 Å². The van der Waals surface area contributed by atoms with E-state index in [1.807, 2.05) is 26.0 Å². The van der Waals surface area contributed by atoms with Gasteiger partial charge < -0.3 is 10.1 Å². The fraction of sp³-hybridized carbons (Fsp3) is 0.118. The summed E-state index contributed by atoms with van der Waals surface area (Å²) >= 11 is 0. The van der Waals surface area contributed by atoms with Crippen LogP contribution >= 0.6 is 0 Å². The van der Waals surface area contributed by atoms with Gasteiger partial charge in [-0.05, 0) is 49.2 Å². The normalized spacial score (nSPS) is 11.4. The van der Waals surface area contributed by atoms with Gasteiger partial charge in [0.15, 0.2) is 5.69 Å². The second-order valence-electron chi connectivity index (χ2n) is 5.26. The Balaban J connectivity index is 1.98. The molecule has 0 aliphatic heterocycles. The minimum Gasteiger partial charge on any atom is -0.493 e. The van der Waals surface area contributed by atoms with Gasteiger partial charge in [-0.25, -0.2) is 4.39 Å². The Morgan fingerprint density at radius 3 is 2.52 bits per heavy atom. The van der Waals surface area contributed by atoms with Crippen LogP contribution in [0.1, 0.15) is 21.5 Å². The standard InChI is InChI=1S/C17H14FN3O2/c1-9-3-8-13-14(10(9)2)19-17(23)15(13)20-21-16(22)11-4-6-12(18)7-5-11/h3-8,19,23H,1-2H3. The maximum atomic E-state index is 12.9. The zero-order valence-corrected chi connectivity index (χ0v) is 12.6. The number of amides is 1. The van der Waals surface area contributed by atoms with Gasteiger partial charge in [0.25, 0.3) is 5.91 Å². The van der Waals surface area contributed by atoms with Gasteiger partial charge in [-0.3, -0.25) is 4.79 Å². The Kier molecular flexibility index (Phi) is 3.65. The number of hydrogen-bond acceptors (Lipinski definition) is 3. The number of nitrogens with one attached hydrogen (secondary N) is 1. The molecule has 0 aliphatic rings. The van der Waals surface area contributed by atoms with E-state index < -0.39 is 11.7 Å². The molecule has 23 heavy (non-hydrogen) atoms. The lowest BCUT2D eigenvalue weighted by Crippen LogP contribution is -1.93. The number of aromatic nitrogens is 1. The van der Waals surface area contributed by atoms with E-state index in [-0.39, 0.29) is 17.1 Å². The number of rotatable bonds is 2. The van der Waals surface area contributed by atoms with Gasteiger partial charge in [0.2, 0.25) is 5.88 Å². The zero-order valence-electron chi connectivity index (χ0n) is 12.6. The number of aromatic hydroxyl groups is 1. The number of H-pyrrole nitrogens is 1. The third kappa shape index (κ3) is 2.70. The number of halogens is 1. The van der Waals surface area contributed by atoms with Crippen molar-refractivity contribution >= 4 is 22.5 Å². The summed E-state index contributed by atoms with van der Waals surface area (Å²) in [6.07, 6.45) is 0. The van der Waals surface area contributed by atoms with E-state index in [4.69, 9.17) is 0 Å². The molecule has 5 nitrogen and oxygen atoms in total. The molecule has 1 amide bonds. The maximum Gasteiger partial charge on any atom is 0.295 e. The number of hydrogen-bond donors (Lipinski definition) is 2. The predicted molar refractivity (Wildman–Crippen MR) is 84.7 cm³/mol. The van der Waals surface area contributed by atoms with Crippen molar-refractivity contribution in [2.24, 2.45) is 10.2 Å². The van der Waals surface area contributed by atoms with Gasteiger partial charge in [-0.2, -0.15) is 0 Å². The Hall–Kier alpha value is -3.02. The van der Waals surface area contributed by atoms with E-state index in [9.17, 15) is 14.3 Å². The average molecular weight is 311 g/mol. The van der Waals surface area contributed by atoms with E-state index in [0.29, 0.717) is 5.39 Å². The van der Waals surface area contributed by atoms with Crippen LogP contribution in [0.3, 0.4) is 0 Å². The number of benzene rings is 2. The molecule has 0 unspecified atom stereocenters. The fourth-order valence-corrected chi connectivity index (χ4v) is 2.33. The van der Waals surface area contributed by atoms with Crippen LogP contribution in [0.2, 0.25) is 0 Å². The van der Waals surface area contributed by atoms with E-state index >= 15 is 0 Å². The lowest BCUT2D eigenvalue weighted by molar-refractivity contribution is 0.0995. The molecule has 2 N–H and O–H groups in total. The van der Waals surface area contributed by atoms with E-state index in [0.717, 1.165) is 16.6 Å². The molecule has 1 heterocycles. The SMILES string of the molecule is Cc1ccc2c(N=NC(=O)c3ccc(F)cc3)c(O)[nH]c2c1C. The van der Waals surface area contributed by atoms with Crippen molar-refractivity contribution in [1.82, 2.24) is 4.98 Å². The summed E-state index contributed by atoms with van der Waals surface area (Å²) in [5.74, 6) is -1.19. The molecule has 3 aromatic rings. The van der Waals surface area contributed by atoms with E-state index in [1.165, 1.54) is 24.3 Å². The summed E-state index contributed by atoms with van der Waals surface area (Å²) < 4.78 is 12.9. The number of carbonyl (C=O) groups is 1. The smallest absolute Gasteiger partial charge is 0.295 e. The lowest BCUT2D eigenvalue weighted by atomic mass is 10.1. The first kappa shape index (κ1) is 14.9. The van der Waals surface area contributed by atoms with Crippen molar-refractivity contribution in [3.05, 3.63) is 58.9 Å². The Morgan fingerprint density at radius 1 is 1.13 bits per heavy atom. The Morgan fingerprint density at radius 2 is 1.83 bits per heavy atom. The highest BCUT2D eigenvalue weighted by Crippen LogP contribution is 2.37. The summed E-state index contributed by atoms with van der Waals surface area (Å²) in [6.45, 7) is 3.89. The highest BCUT2D eigenvalue weighted by molar-refractivity contribution is 5.98. The quantitative estimate of drug-likeness (QED) is 0.681. The molecule has 6 heteroatoms. The molecule has 3 rings (SSSR count). The molecular formula is C17H14FN3O2. The van der Waals surface area contributed by atoms with Crippen LogP contribution in [0, 0.1) is 19.7 Å². The van der Waals surface area contributed by atoms with Crippen LogP contribution < -0.4 is 0 Å². The molecule has 0 spiro atoms. The van der Waals surface area contributed by atoms with Crippen LogP contribution in [0.5, 0.6) is 5.88 Å². The maximum absolute atomic E-state index is 12.9. The highest BCUT2D eigenvalue weighted by Gasteiger charge is 2.14. The van der Waals surface area contributed by atoms with Crippen molar-refractivity contribution in [3.63, 3.8) is 0 Å². The lowest BCUT2D eigenvalue weighted by Gasteiger charge is -2.00. The highest BCUT2D eigenvalue weighted by atomic mass is 19.1. The second kappa shape index (κ2) is 5.64. The summed E-state index contributed by atoms with van der Waals surface area (Å²) in [7, 11) is 0. The molecule has 2 aromatic carbocycles. The van der Waals surface area contributed by atoms with Crippen molar-refractivity contribution in [3.8, 4) is 5.88 Å². The minimum absolute atomic E-state index is 0.149. The van der Waals surface area contributed by atoms with Crippen molar-refractivity contribution < 1.29 is 14.3 Å². The van der Waals surface area contributed by atoms with Gasteiger partial charge in [0.05, 0.1) is 5.52 Å². The van der Waals surface area contributed by atoms with Gasteiger partial charge >= 0.3 is 0 Å². The molecule has 0 fully saturated rings. The van der Waals surface area contributed by atoms with Crippen LogP contribution in [0.15, 0.2) is 46.6 Å². The summed E-state index contributed by atoms with van der Waals surface area (Å²) in [6, 6.07) is 8.74. The van der Waals surface area contributed by atoms with Crippen LogP contribution in [0.25, 0.3) is 10.9 Å². The summed E-state index contributed by atoms with van der Waals surface area (Å²) in [5, 5.41) is 18.2. The second-order valence-corrected chi connectivity index (χ2v) is 5.26. The first-order valence-electron chi connectivity index (χ1n) is 7.00. The van der Waals surface area contributed by atoms with Gasteiger partial charge in [-0.15, -0.1) is 10.2 Å². The number of aromatic amines is 1. The number of nitrogens with zero attached hydrogens (tertiary/aromatic N) is 2. The molecule has 0 bridgehead atoms. The number of carbonyl (C=O) groups excluding carboxylic acids is 1. The molecule has 0 radical (unpaired) electrons. The molecule has 1 aromatic heterocycles. The minimum atomic E-state index is -0.609.